The fourth-order valence-corrected chi connectivity index (χ4v) is 2.97. The number of aryl methyl sites for hydroxylation is 2. The van der Waals surface area contributed by atoms with Gasteiger partial charge >= 0.3 is 5.97 Å². The lowest BCUT2D eigenvalue weighted by Crippen LogP contribution is -2.41. The number of carboxylic acid groups (broad SMARTS) is 1. The molecule has 3 N–H and O–H groups in total. The molecule has 0 fully saturated rings. The second-order valence-electron chi connectivity index (χ2n) is 5.40. The van der Waals surface area contributed by atoms with E-state index < -0.39 is 17.9 Å². The normalized spacial score (nSPS) is 12.2. The van der Waals surface area contributed by atoms with Crippen LogP contribution in [0, 0.1) is 25.2 Å². The Morgan fingerprint density at radius 1 is 1.44 bits per heavy atom. The summed E-state index contributed by atoms with van der Waals surface area (Å²) in [5.41, 5.74) is 2.21. The van der Waals surface area contributed by atoms with Crippen LogP contribution in [0.5, 0.6) is 0 Å². The van der Waals surface area contributed by atoms with Crippen LogP contribution >= 0.6 is 23.4 Å². The minimum absolute atomic E-state index is 0.230. The SMILES string of the molecule is CSCCC(NC(=O)/C(C#N)=C\Nc1c(C)cc(C)cc1Cl)C(=O)O. The quantitative estimate of drug-likeness (QED) is 0.472. The first kappa shape index (κ1) is 20.9. The van der Waals surface area contributed by atoms with Crippen molar-refractivity contribution in [1.29, 1.82) is 5.26 Å². The van der Waals surface area contributed by atoms with Crippen molar-refractivity contribution in [2.45, 2.75) is 26.3 Å². The monoisotopic (exact) mass is 381 g/mol. The van der Waals surface area contributed by atoms with E-state index in [9.17, 15) is 14.9 Å². The van der Waals surface area contributed by atoms with Crippen molar-refractivity contribution in [1.82, 2.24) is 5.32 Å². The maximum Gasteiger partial charge on any atom is 0.326 e. The Bertz CT molecular complexity index is 705. The minimum atomic E-state index is -1.13. The van der Waals surface area contributed by atoms with Gasteiger partial charge in [-0.25, -0.2) is 4.79 Å². The zero-order valence-electron chi connectivity index (χ0n) is 14.2. The van der Waals surface area contributed by atoms with Crippen molar-refractivity contribution in [3.63, 3.8) is 0 Å². The van der Waals surface area contributed by atoms with Crippen LogP contribution in [0.2, 0.25) is 5.02 Å². The number of amides is 1. The van der Waals surface area contributed by atoms with Crippen molar-refractivity contribution < 1.29 is 14.7 Å². The Hall–Kier alpha value is -2.17. The van der Waals surface area contributed by atoms with Crippen molar-refractivity contribution in [2.75, 3.05) is 17.3 Å². The van der Waals surface area contributed by atoms with Crippen LogP contribution in [-0.2, 0) is 9.59 Å². The van der Waals surface area contributed by atoms with E-state index >= 15 is 0 Å². The van der Waals surface area contributed by atoms with E-state index in [0.717, 1.165) is 11.1 Å². The molecule has 1 aromatic carbocycles. The van der Waals surface area contributed by atoms with Crippen LogP contribution in [0.3, 0.4) is 0 Å². The number of carbonyl (C=O) groups excluding carboxylic acids is 1. The van der Waals surface area contributed by atoms with Gasteiger partial charge in [0.1, 0.15) is 17.7 Å². The Morgan fingerprint density at radius 2 is 2.12 bits per heavy atom. The number of nitrogens with zero attached hydrogens (tertiary/aromatic N) is 1. The molecule has 6 nitrogen and oxygen atoms in total. The summed E-state index contributed by atoms with van der Waals surface area (Å²) in [5.74, 6) is -1.30. The number of carboxylic acids is 1. The van der Waals surface area contributed by atoms with E-state index in [0.29, 0.717) is 16.5 Å². The Labute approximate surface area is 156 Å². The second-order valence-corrected chi connectivity index (χ2v) is 6.79. The maximum absolute atomic E-state index is 12.2. The van der Waals surface area contributed by atoms with E-state index in [1.807, 2.05) is 26.2 Å². The number of benzene rings is 1. The molecule has 0 saturated heterocycles. The number of anilines is 1. The number of rotatable bonds is 8. The first-order valence-corrected chi connectivity index (χ1v) is 9.23. The molecule has 8 heteroatoms. The molecule has 25 heavy (non-hydrogen) atoms. The summed E-state index contributed by atoms with van der Waals surface area (Å²) in [6, 6.07) is 4.41. The summed E-state index contributed by atoms with van der Waals surface area (Å²) < 4.78 is 0. The van der Waals surface area contributed by atoms with Gasteiger partial charge in [0.2, 0.25) is 0 Å². The summed E-state index contributed by atoms with van der Waals surface area (Å²) in [6.45, 7) is 3.76. The zero-order chi connectivity index (χ0) is 19.0. The molecule has 134 valence electrons. The van der Waals surface area contributed by atoms with Gasteiger partial charge in [0.15, 0.2) is 0 Å². The molecule has 0 aliphatic carbocycles. The first-order chi connectivity index (χ1) is 11.8. The number of halogens is 1. The molecule has 1 rings (SSSR count). The highest BCUT2D eigenvalue weighted by molar-refractivity contribution is 7.98. The van der Waals surface area contributed by atoms with E-state index in [2.05, 4.69) is 10.6 Å². The first-order valence-electron chi connectivity index (χ1n) is 7.46. The minimum Gasteiger partial charge on any atom is -0.480 e. The number of thioether (sulfide) groups is 1. The largest absolute Gasteiger partial charge is 0.480 e. The molecule has 0 heterocycles. The van der Waals surface area contributed by atoms with Crippen molar-refractivity contribution in [3.05, 3.63) is 40.1 Å². The second kappa shape index (κ2) is 9.97. The topological polar surface area (TPSA) is 102 Å². The van der Waals surface area contributed by atoms with Gasteiger partial charge in [-0.15, -0.1) is 0 Å². The lowest BCUT2D eigenvalue weighted by Gasteiger charge is -2.14. The fourth-order valence-electron chi connectivity index (χ4n) is 2.12. The molecule has 0 radical (unpaired) electrons. The van der Waals surface area contributed by atoms with Gasteiger partial charge in [0.25, 0.3) is 5.91 Å². The molecule has 0 aliphatic heterocycles. The predicted octanol–water partition coefficient (Wildman–Crippen LogP) is 3.10. The van der Waals surface area contributed by atoms with Crippen molar-refractivity contribution >= 4 is 40.9 Å². The molecule has 1 aromatic rings. The highest BCUT2D eigenvalue weighted by atomic mass is 35.5. The lowest BCUT2D eigenvalue weighted by atomic mass is 10.1. The van der Waals surface area contributed by atoms with Gasteiger partial charge in [0, 0.05) is 6.20 Å². The number of hydrogen-bond acceptors (Lipinski definition) is 5. The van der Waals surface area contributed by atoms with Crippen LogP contribution in [-0.4, -0.2) is 35.0 Å². The van der Waals surface area contributed by atoms with E-state index in [1.54, 1.807) is 12.1 Å². The number of nitrogens with one attached hydrogen (secondary N) is 2. The molecule has 0 saturated carbocycles. The van der Waals surface area contributed by atoms with Gasteiger partial charge in [-0.3, -0.25) is 4.79 Å². The van der Waals surface area contributed by atoms with Crippen LogP contribution in [0.4, 0.5) is 5.69 Å². The molecule has 1 atom stereocenters. The van der Waals surface area contributed by atoms with E-state index in [-0.39, 0.29) is 12.0 Å². The van der Waals surface area contributed by atoms with E-state index in [4.69, 9.17) is 16.7 Å². The summed E-state index contributed by atoms with van der Waals surface area (Å²) in [6.07, 6.45) is 3.35. The third-order valence-electron chi connectivity index (χ3n) is 3.37. The molecule has 1 amide bonds. The van der Waals surface area contributed by atoms with Crippen molar-refractivity contribution in [3.8, 4) is 6.07 Å². The molecule has 0 aromatic heterocycles. The van der Waals surface area contributed by atoms with Crippen LogP contribution in [0.25, 0.3) is 0 Å². The average Bonchev–Trinajstić information content (AvgIpc) is 2.53. The van der Waals surface area contributed by atoms with Crippen LogP contribution < -0.4 is 10.6 Å². The molecule has 0 bridgehead atoms. The third-order valence-corrected chi connectivity index (χ3v) is 4.31. The highest BCUT2D eigenvalue weighted by Crippen LogP contribution is 2.27. The fraction of sp³-hybridized carbons (Fsp3) is 0.353. The summed E-state index contributed by atoms with van der Waals surface area (Å²) in [5, 5.41) is 24.0. The van der Waals surface area contributed by atoms with Gasteiger partial charge in [0.05, 0.1) is 10.7 Å². The number of nitriles is 1. The molecule has 0 aliphatic rings. The van der Waals surface area contributed by atoms with Crippen LogP contribution in [0.1, 0.15) is 17.5 Å². The lowest BCUT2D eigenvalue weighted by molar-refractivity contribution is -0.141. The summed E-state index contributed by atoms with van der Waals surface area (Å²) in [7, 11) is 0. The van der Waals surface area contributed by atoms with E-state index in [1.165, 1.54) is 18.0 Å². The van der Waals surface area contributed by atoms with Crippen molar-refractivity contribution in [2.24, 2.45) is 0 Å². The number of aliphatic carboxylic acids is 1. The smallest absolute Gasteiger partial charge is 0.326 e. The standard InChI is InChI=1S/C17H20ClN3O3S/c1-10-6-11(2)15(13(18)7-10)20-9-12(8-19)16(22)21-14(17(23)24)4-5-25-3/h6-7,9,14,20H,4-5H2,1-3H3,(H,21,22)(H,23,24)/b12-9-. The predicted molar refractivity (Wildman–Crippen MR) is 101 cm³/mol. The molecular weight excluding hydrogens is 362 g/mol. The molecule has 0 spiro atoms. The van der Waals surface area contributed by atoms with Gasteiger partial charge in [-0.2, -0.15) is 17.0 Å². The zero-order valence-corrected chi connectivity index (χ0v) is 15.8. The molecular formula is C17H20ClN3O3S. The Balaban J connectivity index is 2.90. The maximum atomic E-state index is 12.2. The average molecular weight is 382 g/mol. The van der Waals surface area contributed by atoms with Gasteiger partial charge in [-0.05, 0) is 49.5 Å². The summed E-state index contributed by atoms with van der Waals surface area (Å²) >= 11 is 7.65. The van der Waals surface area contributed by atoms with Gasteiger partial charge < -0.3 is 15.7 Å². The number of carbonyl (C=O) groups is 2. The Morgan fingerprint density at radius 3 is 2.64 bits per heavy atom. The highest BCUT2D eigenvalue weighted by Gasteiger charge is 2.21. The molecule has 1 unspecified atom stereocenters. The summed E-state index contributed by atoms with van der Waals surface area (Å²) in [4.78, 5) is 23.3. The van der Waals surface area contributed by atoms with Crippen LogP contribution in [0.15, 0.2) is 23.9 Å². The Kier molecular flexibility index (Phi) is 8.32. The third kappa shape index (κ3) is 6.33. The van der Waals surface area contributed by atoms with Gasteiger partial charge in [-0.1, -0.05) is 17.7 Å². The number of hydrogen-bond donors (Lipinski definition) is 3.